The van der Waals surface area contributed by atoms with Gasteiger partial charge in [-0.3, -0.25) is 14.4 Å². The first kappa shape index (κ1) is 66.3. The molecule has 6 nitrogen and oxygen atoms in total. The molecule has 0 rings (SSSR count). The molecule has 0 aliphatic heterocycles. The minimum atomic E-state index is -0.786. The van der Waals surface area contributed by atoms with Gasteiger partial charge in [-0.15, -0.1) is 0 Å². The van der Waals surface area contributed by atoms with Crippen molar-refractivity contribution in [2.75, 3.05) is 13.2 Å². The van der Waals surface area contributed by atoms with Crippen molar-refractivity contribution >= 4 is 17.9 Å². The quantitative estimate of drug-likeness (QED) is 0.0262. The van der Waals surface area contributed by atoms with E-state index >= 15 is 0 Å². The van der Waals surface area contributed by atoms with E-state index in [9.17, 15) is 14.4 Å². The Balaban J connectivity index is 4.24. The van der Waals surface area contributed by atoms with Crippen LogP contribution in [0.2, 0.25) is 0 Å². The summed E-state index contributed by atoms with van der Waals surface area (Å²) in [7, 11) is 0. The van der Waals surface area contributed by atoms with Gasteiger partial charge in [-0.05, 0) is 96.3 Å². The van der Waals surface area contributed by atoms with Gasteiger partial charge < -0.3 is 14.2 Å². The second-order valence-electron chi connectivity index (χ2n) is 19.1. The van der Waals surface area contributed by atoms with Crippen LogP contribution in [-0.4, -0.2) is 37.2 Å². The van der Waals surface area contributed by atoms with Crippen LogP contribution < -0.4 is 0 Å². The first-order valence-corrected chi connectivity index (χ1v) is 29.2. The van der Waals surface area contributed by atoms with Crippen LogP contribution in [-0.2, 0) is 28.6 Å². The maximum absolute atomic E-state index is 12.8. The van der Waals surface area contributed by atoms with Crippen LogP contribution in [0, 0.1) is 0 Å². The summed E-state index contributed by atoms with van der Waals surface area (Å²) >= 11 is 0. The molecular formula is C64H108O6. The minimum absolute atomic E-state index is 0.0834. The van der Waals surface area contributed by atoms with Gasteiger partial charge in [0.15, 0.2) is 6.10 Å². The summed E-state index contributed by atoms with van der Waals surface area (Å²) in [5.41, 5.74) is 0. The van der Waals surface area contributed by atoms with E-state index in [2.05, 4.69) is 118 Å². The predicted molar refractivity (Wildman–Crippen MR) is 302 cm³/mol. The van der Waals surface area contributed by atoms with Crippen molar-refractivity contribution in [2.45, 2.75) is 277 Å². The van der Waals surface area contributed by atoms with Gasteiger partial charge in [0.25, 0.3) is 0 Å². The summed E-state index contributed by atoms with van der Waals surface area (Å²) in [6, 6.07) is 0. The lowest BCUT2D eigenvalue weighted by molar-refractivity contribution is -0.167. The lowest BCUT2D eigenvalue weighted by atomic mass is 10.0. The summed E-state index contributed by atoms with van der Waals surface area (Å²) in [4.78, 5) is 38.1. The van der Waals surface area contributed by atoms with E-state index in [0.29, 0.717) is 19.3 Å². The Morgan fingerprint density at radius 1 is 0.300 bits per heavy atom. The zero-order chi connectivity index (χ0) is 50.7. The Hall–Kier alpha value is -3.67. The second kappa shape index (κ2) is 57.9. The van der Waals surface area contributed by atoms with Gasteiger partial charge in [0.2, 0.25) is 0 Å². The molecule has 0 bridgehead atoms. The fourth-order valence-electron chi connectivity index (χ4n) is 8.01. The number of esters is 3. The Morgan fingerprint density at radius 2 is 0.557 bits per heavy atom. The maximum atomic E-state index is 12.8. The molecule has 0 amide bonds. The molecule has 70 heavy (non-hydrogen) atoms. The van der Waals surface area contributed by atoms with Gasteiger partial charge in [0.1, 0.15) is 13.2 Å². The summed E-state index contributed by atoms with van der Waals surface area (Å²) in [6.45, 7) is 6.39. The summed E-state index contributed by atoms with van der Waals surface area (Å²) < 4.78 is 16.8. The molecule has 6 heteroatoms. The Morgan fingerprint density at radius 3 is 0.871 bits per heavy atom. The van der Waals surface area contributed by atoms with Crippen molar-refractivity contribution in [1.82, 2.24) is 0 Å². The molecule has 0 heterocycles. The van der Waals surface area contributed by atoms with Crippen LogP contribution in [0.1, 0.15) is 271 Å². The van der Waals surface area contributed by atoms with E-state index in [0.717, 1.165) is 128 Å². The molecule has 0 radical (unpaired) electrons. The zero-order valence-electron chi connectivity index (χ0n) is 45.8. The van der Waals surface area contributed by atoms with Crippen LogP contribution in [0.25, 0.3) is 0 Å². The molecule has 0 N–H and O–H groups in total. The lowest BCUT2D eigenvalue weighted by Crippen LogP contribution is -2.30. The molecule has 0 aliphatic carbocycles. The van der Waals surface area contributed by atoms with Crippen molar-refractivity contribution in [3.63, 3.8) is 0 Å². The van der Waals surface area contributed by atoms with Crippen molar-refractivity contribution < 1.29 is 28.6 Å². The summed E-state index contributed by atoms with van der Waals surface area (Å²) in [6.07, 6.45) is 76.9. The second-order valence-corrected chi connectivity index (χ2v) is 19.1. The molecule has 1 unspecified atom stereocenters. The Labute approximate surface area is 432 Å². The first-order valence-electron chi connectivity index (χ1n) is 29.2. The van der Waals surface area contributed by atoms with Crippen LogP contribution in [0.3, 0.4) is 0 Å². The number of allylic oxidation sites excluding steroid dienone is 16. The van der Waals surface area contributed by atoms with Crippen LogP contribution in [0.5, 0.6) is 0 Å². The minimum Gasteiger partial charge on any atom is -0.462 e. The monoisotopic (exact) mass is 973 g/mol. The van der Waals surface area contributed by atoms with E-state index < -0.39 is 6.10 Å². The number of unbranched alkanes of at least 4 members (excludes halogenated alkanes) is 25. The fraction of sp³-hybridized carbons (Fsp3) is 0.703. The third-order valence-electron chi connectivity index (χ3n) is 12.3. The standard InChI is InChI=1S/C64H108O6/c1-4-7-10-13-16-19-22-24-26-27-28-29-30-31-32-33-34-35-36-37-39-40-42-45-48-51-54-57-63(66)69-60-61(59-68-62(65)56-53-50-47-44-21-18-15-12-9-6-3)70-64(67)58-55-52-49-46-43-41-38-25-23-20-17-14-11-8-5-2/h7-8,10-11,16-17,19-20,24-26,28-29,31-32,38,61H,4-6,9,12-15,18,21-23,27,30,33-37,39-60H2,1-3H3/b10-7-,11-8-,19-16-,20-17-,26-24-,29-28-,32-31-,38-25-. The van der Waals surface area contributed by atoms with Gasteiger partial charge in [-0.2, -0.15) is 0 Å². The molecule has 400 valence electrons. The van der Waals surface area contributed by atoms with Gasteiger partial charge in [0.05, 0.1) is 0 Å². The number of carbonyl (C=O) groups excluding carboxylic acids is 3. The highest BCUT2D eigenvalue weighted by atomic mass is 16.6. The predicted octanol–water partition coefficient (Wildman–Crippen LogP) is 19.7. The molecular weight excluding hydrogens is 865 g/mol. The van der Waals surface area contributed by atoms with Crippen molar-refractivity contribution in [1.29, 1.82) is 0 Å². The van der Waals surface area contributed by atoms with Crippen LogP contribution >= 0.6 is 0 Å². The highest BCUT2D eigenvalue weighted by Gasteiger charge is 2.19. The number of hydrogen-bond donors (Lipinski definition) is 0. The summed E-state index contributed by atoms with van der Waals surface area (Å²) in [5.74, 6) is -0.901. The zero-order valence-corrected chi connectivity index (χ0v) is 45.8. The van der Waals surface area contributed by atoms with Gasteiger partial charge in [-0.1, -0.05) is 253 Å². The molecule has 0 spiro atoms. The Bertz CT molecular complexity index is 1400. The first-order chi connectivity index (χ1) is 34.5. The van der Waals surface area contributed by atoms with Gasteiger partial charge >= 0.3 is 17.9 Å². The van der Waals surface area contributed by atoms with Gasteiger partial charge in [-0.25, -0.2) is 0 Å². The molecule has 0 saturated carbocycles. The van der Waals surface area contributed by atoms with E-state index in [1.807, 2.05) is 0 Å². The number of hydrogen-bond acceptors (Lipinski definition) is 6. The highest BCUT2D eigenvalue weighted by molar-refractivity contribution is 5.71. The molecule has 0 aromatic heterocycles. The Kier molecular flexibility index (Phi) is 54.9. The fourth-order valence-corrected chi connectivity index (χ4v) is 8.01. The number of rotatable bonds is 52. The average Bonchev–Trinajstić information content (AvgIpc) is 3.36. The topological polar surface area (TPSA) is 78.9 Å². The number of ether oxygens (including phenoxy) is 3. The van der Waals surface area contributed by atoms with E-state index in [1.165, 1.54) is 103 Å². The van der Waals surface area contributed by atoms with E-state index in [4.69, 9.17) is 14.2 Å². The molecule has 0 aromatic carbocycles. The van der Waals surface area contributed by atoms with Crippen molar-refractivity contribution in [3.8, 4) is 0 Å². The highest BCUT2D eigenvalue weighted by Crippen LogP contribution is 2.15. The average molecular weight is 974 g/mol. The smallest absolute Gasteiger partial charge is 0.306 e. The summed E-state index contributed by atoms with van der Waals surface area (Å²) in [5, 5.41) is 0. The lowest BCUT2D eigenvalue weighted by Gasteiger charge is -2.18. The van der Waals surface area contributed by atoms with E-state index in [1.54, 1.807) is 0 Å². The molecule has 0 saturated heterocycles. The normalized spacial score (nSPS) is 12.8. The third-order valence-corrected chi connectivity index (χ3v) is 12.3. The van der Waals surface area contributed by atoms with E-state index in [-0.39, 0.29) is 31.1 Å². The SMILES string of the molecule is CC/C=C\C/C=C\C/C=C\C/C=C\C/C=C\CCCCCCCCCCCCCC(=O)OCC(COC(=O)CCCCCCCCCCCC)OC(=O)CCCCCCC/C=C\C/C=C\C/C=C\CC. The third kappa shape index (κ3) is 55.3. The van der Waals surface area contributed by atoms with Crippen molar-refractivity contribution in [3.05, 3.63) is 97.2 Å². The number of carbonyl (C=O) groups is 3. The van der Waals surface area contributed by atoms with Crippen LogP contribution in [0.4, 0.5) is 0 Å². The molecule has 0 aliphatic rings. The molecule has 1 atom stereocenters. The largest absolute Gasteiger partial charge is 0.462 e. The molecule has 0 fully saturated rings. The molecule has 0 aromatic rings. The van der Waals surface area contributed by atoms with Crippen LogP contribution in [0.15, 0.2) is 97.2 Å². The van der Waals surface area contributed by atoms with Crippen molar-refractivity contribution in [2.24, 2.45) is 0 Å². The maximum Gasteiger partial charge on any atom is 0.306 e. The van der Waals surface area contributed by atoms with Gasteiger partial charge in [0, 0.05) is 19.3 Å².